The average molecular weight is 318 g/mol. The fraction of sp³-hybridized carbons (Fsp3) is 0.250. The van der Waals surface area contributed by atoms with Gasteiger partial charge < -0.3 is 10.1 Å². The smallest absolute Gasteiger partial charge is 0.255 e. The van der Waals surface area contributed by atoms with Crippen molar-refractivity contribution in [2.24, 2.45) is 0 Å². The second kappa shape index (κ2) is 6.79. The highest BCUT2D eigenvalue weighted by atomic mass is 32.2. The number of amides is 1. The molecule has 0 saturated carbocycles. The summed E-state index contributed by atoms with van der Waals surface area (Å²) in [6.07, 6.45) is 2.65. The standard InChI is InChI=1S/C16H15FN2O2S/c17-13-3-1-2-4-14(13)19-16(20)11-5-7-18-15(9-11)21-12-6-8-22-10-12/h1-5,7,9,12H,6,8,10H2,(H,19,20). The second-order valence-electron chi connectivity index (χ2n) is 4.92. The van der Waals surface area contributed by atoms with Gasteiger partial charge in [0.2, 0.25) is 5.88 Å². The van der Waals surface area contributed by atoms with Crippen molar-refractivity contribution in [3.8, 4) is 5.88 Å². The minimum absolute atomic E-state index is 0.141. The van der Waals surface area contributed by atoms with Gasteiger partial charge in [-0.2, -0.15) is 11.8 Å². The molecule has 1 N–H and O–H groups in total. The Morgan fingerprint density at radius 2 is 2.23 bits per heavy atom. The van der Waals surface area contributed by atoms with Gasteiger partial charge in [0, 0.05) is 23.6 Å². The van der Waals surface area contributed by atoms with Crippen molar-refractivity contribution in [2.45, 2.75) is 12.5 Å². The Morgan fingerprint density at radius 3 is 3.00 bits per heavy atom. The number of benzene rings is 1. The molecule has 1 aliphatic heterocycles. The van der Waals surface area contributed by atoms with Crippen molar-refractivity contribution in [3.63, 3.8) is 0 Å². The predicted octanol–water partition coefficient (Wildman–Crippen LogP) is 3.36. The zero-order chi connectivity index (χ0) is 15.4. The largest absolute Gasteiger partial charge is 0.473 e. The van der Waals surface area contributed by atoms with Gasteiger partial charge in [0.05, 0.1) is 5.69 Å². The molecule has 1 aliphatic rings. The summed E-state index contributed by atoms with van der Waals surface area (Å²) in [7, 11) is 0. The third kappa shape index (κ3) is 3.57. The quantitative estimate of drug-likeness (QED) is 0.939. The van der Waals surface area contributed by atoms with Crippen LogP contribution in [0.1, 0.15) is 16.8 Å². The molecule has 1 saturated heterocycles. The molecule has 6 heteroatoms. The van der Waals surface area contributed by atoms with Gasteiger partial charge in [-0.05, 0) is 30.4 Å². The second-order valence-corrected chi connectivity index (χ2v) is 6.07. The van der Waals surface area contributed by atoms with Crippen LogP contribution in [-0.4, -0.2) is 28.5 Å². The molecule has 3 rings (SSSR count). The minimum atomic E-state index is -0.468. The molecule has 0 spiro atoms. The van der Waals surface area contributed by atoms with E-state index >= 15 is 0 Å². The SMILES string of the molecule is O=C(Nc1ccccc1F)c1ccnc(OC2CCSC2)c1. The molecule has 114 valence electrons. The van der Waals surface area contributed by atoms with Crippen LogP contribution < -0.4 is 10.1 Å². The Balaban J connectivity index is 1.71. The van der Waals surface area contributed by atoms with Crippen molar-refractivity contribution >= 4 is 23.4 Å². The summed E-state index contributed by atoms with van der Waals surface area (Å²) in [5.74, 6) is 1.59. The molecule has 0 bridgehead atoms. The molecular weight excluding hydrogens is 303 g/mol. The average Bonchev–Trinajstić information content (AvgIpc) is 3.03. The van der Waals surface area contributed by atoms with E-state index in [0.29, 0.717) is 11.4 Å². The molecule has 1 fully saturated rings. The first-order valence-corrected chi connectivity index (χ1v) is 8.14. The van der Waals surface area contributed by atoms with Crippen LogP contribution >= 0.6 is 11.8 Å². The number of carbonyl (C=O) groups excluding carboxylic acids is 1. The number of carbonyl (C=O) groups is 1. The Hall–Kier alpha value is -2.08. The van der Waals surface area contributed by atoms with Crippen molar-refractivity contribution in [1.82, 2.24) is 4.98 Å². The minimum Gasteiger partial charge on any atom is -0.473 e. The molecule has 2 aromatic rings. The number of rotatable bonds is 4. The van der Waals surface area contributed by atoms with Crippen LogP contribution in [0.4, 0.5) is 10.1 Å². The highest BCUT2D eigenvalue weighted by Gasteiger charge is 2.18. The highest BCUT2D eigenvalue weighted by Crippen LogP contribution is 2.22. The maximum atomic E-state index is 13.6. The Morgan fingerprint density at radius 1 is 1.36 bits per heavy atom. The van der Waals surface area contributed by atoms with Crippen LogP contribution in [0.25, 0.3) is 0 Å². The van der Waals surface area contributed by atoms with Crippen LogP contribution in [0.3, 0.4) is 0 Å². The summed E-state index contributed by atoms with van der Waals surface area (Å²) in [5, 5.41) is 2.55. The van der Waals surface area contributed by atoms with Crippen LogP contribution in [-0.2, 0) is 0 Å². The number of anilines is 1. The van der Waals surface area contributed by atoms with Gasteiger partial charge >= 0.3 is 0 Å². The van der Waals surface area contributed by atoms with E-state index < -0.39 is 11.7 Å². The van der Waals surface area contributed by atoms with Gasteiger partial charge in [0.15, 0.2) is 0 Å². The zero-order valence-electron chi connectivity index (χ0n) is 11.8. The fourth-order valence-electron chi connectivity index (χ4n) is 2.15. The summed E-state index contributed by atoms with van der Waals surface area (Å²) in [6.45, 7) is 0. The molecular formula is C16H15FN2O2S. The van der Waals surface area contributed by atoms with E-state index in [1.165, 1.54) is 18.3 Å². The molecule has 1 aromatic heterocycles. The molecule has 1 amide bonds. The summed E-state index contributed by atoms with van der Waals surface area (Å²) in [4.78, 5) is 16.3. The Labute approximate surface area is 132 Å². The first-order chi connectivity index (χ1) is 10.7. The monoisotopic (exact) mass is 318 g/mol. The summed E-state index contributed by atoms with van der Waals surface area (Å²) in [6, 6.07) is 9.21. The number of thioether (sulfide) groups is 1. The molecule has 2 heterocycles. The molecule has 0 radical (unpaired) electrons. The Kier molecular flexibility index (Phi) is 4.58. The zero-order valence-corrected chi connectivity index (χ0v) is 12.6. The maximum Gasteiger partial charge on any atom is 0.255 e. The lowest BCUT2D eigenvalue weighted by Crippen LogP contribution is -2.17. The van der Waals surface area contributed by atoms with Gasteiger partial charge in [-0.15, -0.1) is 0 Å². The van der Waals surface area contributed by atoms with Crippen molar-refractivity contribution < 1.29 is 13.9 Å². The van der Waals surface area contributed by atoms with Crippen LogP contribution in [0.2, 0.25) is 0 Å². The predicted molar refractivity (Wildman–Crippen MR) is 84.9 cm³/mol. The maximum absolute atomic E-state index is 13.6. The third-order valence-electron chi connectivity index (χ3n) is 3.29. The van der Waals surface area contributed by atoms with E-state index in [9.17, 15) is 9.18 Å². The van der Waals surface area contributed by atoms with E-state index in [1.54, 1.807) is 24.3 Å². The van der Waals surface area contributed by atoms with Gasteiger partial charge in [-0.1, -0.05) is 12.1 Å². The van der Waals surface area contributed by atoms with E-state index in [4.69, 9.17) is 4.74 Å². The van der Waals surface area contributed by atoms with E-state index in [-0.39, 0.29) is 11.8 Å². The number of hydrogen-bond donors (Lipinski definition) is 1. The third-order valence-corrected chi connectivity index (χ3v) is 4.43. The van der Waals surface area contributed by atoms with Gasteiger partial charge in [-0.3, -0.25) is 4.79 Å². The van der Waals surface area contributed by atoms with Gasteiger partial charge in [0.1, 0.15) is 11.9 Å². The number of aromatic nitrogens is 1. The molecule has 1 unspecified atom stereocenters. The normalized spacial score (nSPS) is 17.2. The number of ether oxygens (including phenoxy) is 1. The van der Waals surface area contributed by atoms with Crippen LogP contribution in [0.5, 0.6) is 5.88 Å². The molecule has 0 aliphatic carbocycles. The summed E-state index contributed by atoms with van der Waals surface area (Å²) >= 11 is 1.84. The van der Waals surface area contributed by atoms with E-state index in [1.807, 2.05) is 11.8 Å². The van der Waals surface area contributed by atoms with E-state index in [0.717, 1.165) is 17.9 Å². The number of nitrogens with zero attached hydrogens (tertiary/aromatic N) is 1. The van der Waals surface area contributed by atoms with Gasteiger partial charge in [-0.25, -0.2) is 9.37 Å². The first kappa shape index (κ1) is 14.8. The van der Waals surface area contributed by atoms with Crippen molar-refractivity contribution in [1.29, 1.82) is 0 Å². The number of nitrogens with one attached hydrogen (secondary N) is 1. The lowest BCUT2D eigenvalue weighted by Gasteiger charge is -2.12. The molecule has 4 nitrogen and oxygen atoms in total. The van der Waals surface area contributed by atoms with Crippen LogP contribution in [0.15, 0.2) is 42.6 Å². The first-order valence-electron chi connectivity index (χ1n) is 6.99. The summed E-state index contributed by atoms with van der Waals surface area (Å²) < 4.78 is 19.3. The summed E-state index contributed by atoms with van der Waals surface area (Å²) in [5.41, 5.74) is 0.540. The van der Waals surface area contributed by atoms with Crippen molar-refractivity contribution in [2.75, 3.05) is 16.8 Å². The lowest BCUT2D eigenvalue weighted by molar-refractivity contribution is 0.102. The number of pyridine rings is 1. The number of halogens is 1. The number of para-hydroxylation sites is 1. The van der Waals surface area contributed by atoms with E-state index in [2.05, 4.69) is 10.3 Å². The Bertz CT molecular complexity index is 675. The molecule has 1 atom stereocenters. The van der Waals surface area contributed by atoms with Gasteiger partial charge in [0.25, 0.3) is 5.91 Å². The lowest BCUT2D eigenvalue weighted by atomic mass is 10.2. The number of hydrogen-bond acceptors (Lipinski definition) is 4. The van der Waals surface area contributed by atoms with Crippen molar-refractivity contribution in [3.05, 3.63) is 54.0 Å². The molecule has 22 heavy (non-hydrogen) atoms. The highest BCUT2D eigenvalue weighted by molar-refractivity contribution is 7.99. The van der Waals surface area contributed by atoms with Crippen LogP contribution in [0, 0.1) is 5.82 Å². The molecule has 1 aromatic carbocycles. The fourth-order valence-corrected chi connectivity index (χ4v) is 3.24. The topological polar surface area (TPSA) is 51.2 Å².